The average molecular weight is 196 g/mol. The summed E-state index contributed by atoms with van der Waals surface area (Å²) >= 11 is 0. The zero-order chi connectivity index (χ0) is 10.2. The molecular formula is C8H8F4O. The largest absolute Gasteiger partial charge is 0.393 e. The van der Waals surface area contributed by atoms with Crippen LogP contribution in [0.4, 0.5) is 17.6 Å². The van der Waals surface area contributed by atoms with Crippen LogP contribution in [0.2, 0.25) is 0 Å². The molecule has 0 amide bonds. The second-order valence-electron chi connectivity index (χ2n) is 2.93. The minimum absolute atomic E-state index is 0.117. The van der Waals surface area contributed by atoms with Gasteiger partial charge < -0.3 is 5.11 Å². The van der Waals surface area contributed by atoms with Gasteiger partial charge in [-0.15, -0.1) is 0 Å². The molecular weight excluding hydrogens is 188 g/mol. The van der Waals surface area contributed by atoms with Gasteiger partial charge in [0.1, 0.15) is 11.7 Å². The van der Waals surface area contributed by atoms with E-state index in [0.717, 1.165) is 6.92 Å². The molecule has 1 rings (SSSR count). The number of aliphatic hydroxyl groups excluding tert-OH is 1. The van der Waals surface area contributed by atoms with Gasteiger partial charge in [0.25, 0.3) is 0 Å². The van der Waals surface area contributed by atoms with Crippen molar-refractivity contribution in [3.8, 4) is 0 Å². The molecule has 1 aliphatic rings. The van der Waals surface area contributed by atoms with Gasteiger partial charge >= 0.3 is 0 Å². The normalized spacial score (nSPS) is 34.9. The molecule has 0 aromatic rings. The molecule has 2 atom stereocenters. The molecule has 0 saturated carbocycles. The average Bonchev–Trinajstić information content (AvgIpc) is 2.11. The van der Waals surface area contributed by atoms with Crippen molar-refractivity contribution in [1.29, 1.82) is 0 Å². The van der Waals surface area contributed by atoms with Crippen molar-refractivity contribution < 1.29 is 22.7 Å². The van der Waals surface area contributed by atoms with Crippen molar-refractivity contribution in [1.82, 2.24) is 0 Å². The van der Waals surface area contributed by atoms with Crippen LogP contribution in [0.1, 0.15) is 6.92 Å². The maximum Gasteiger partial charge on any atom is 0.193 e. The topological polar surface area (TPSA) is 20.2 Å². The Labute approximate surface area is 72.4 Å². The van der Waals surface area contributed by atoms with E-state index in [4.69, 9.17) is 5.11 Å². The zero-order valence-corrected chi connectivity index (χ0v) is 6.82. The summed E-state index contributed by atoms with van der Waals surface area (Å²) in [6, 6.07) is 0. The lowest BCUT2D eigenvalue weighted by molar-refractivity contribution is 0.0359. The van der Waals surface area contributed by atoms with Crippen LogP contribution < -0.4 is 0 Å². The van der Waals surface area contributed by atoms with Gasteiger partial charge in [0.15, 0.2) is 11.5 Å². The third kappa shape index (κ3) is 1.37. The Morgan fingerprint density at radius 2 is 2.00 bits per heavy atom. The third-order valence-electron chi connectivity index (χ3n) is 2.18. The highest BCUT2D eigenvalue weighted by molar-refractivity contribution is 5.33. The van der Waals surface area contributed by atoms with E-state index in [1.807, 2.05) is 0 Å². The molecule has 0 heterocycles. The zero-order valence-electron chi connectivity index (χ0n) is 6.82. The highest BCUT2D eigenvalue weighted by Crippen LogP contribution is 2.42. The minimum Gasteiger partial charge on any atom is -0.393 e. The fourth-order valence-corrected chi connectivity index (χ4v) is 1.13. The Balaban J connectivity index is 3.16. The first-order chi connectivity index (χ1) is 5.93. The first-order valence-electron chi connectivity index (χ1n) is 3.66. The fourth-order valence-electron chi connectivity index (χ4n) is 1.13. The van der Waals surface area contributed by atoms with Gasteiger partial charge in [-0.25, -0.2) is 17.6 Å². The standard InChI is InChI=1S/C8H8F4O/c1-4-7(11)5(9)2-6(10)8(4,12)3-13/h2,4,13H,3H2,1H3. The molecule has 74 valence electrons. The number of halogens is 4. The molecule has 1 N–H and O–H groups in total. The lowest BCUT2D eigenvalue weighted by atomic mass is 9.85. The number of aliphatic hydroxyl groups is 1. The van der Waals surface area contributed by atoms with Gasteiger partial charge in [-0.05, 0) is 0 Å². The van der Waals surface area contributed by atoms with Gasteiger partial charge in [0.05, 0.1) is 12.5 Å². The Bertz CT molecular complexity index is 284. The van der Waals surface area contributed by atoms with Crippen molar-refractivity contribution in [3.05, 3.63) is 23.6 Å². The van der Waals surface area contributed by atoms with Crippen LogP contribution in [0.3, 0.4) is 0 Å². The monoisotopic (exact) mass is 196 g/mol. The third-order valence-corrected chi connectivity index (χ3v) is 2.18. The fraction of sp³-hybridized carbons (Fsp3) is 0.500. The quantitative estimate of drug-likeness (QED) is 0.638. The summed E-state index contributed by atoms with van der Waals surface area (Å²) in [5, 5.41) is 8.53. The molecule has 0 aromatic carbocycles. The van der Waals surface area contributed by atoms with Crippen LogP contribution in [0.25, 0.3) is 0 Å². The molecule has 13 heavy (non-hydrogen) atoms. The predicted molar refractivity (Wildman–Crippen MR) is 38.5 cm³/mol. The lowest BCUT2D eigenvalue weighted by Crippen LogP contribution is -2.39. The molecule has 1 nitrogen and oxygen atoms in total. The van der Waals surface area contributed by atoms with E-state index in [0.29, 0.717) is 0 Å². The molecule has 0 aliphatic heterocycles. The van der Waals surface area contributed by atoms with E-state index in [1.165, 1.54) is 0 Å². The van der Waals surface area contributed by atoms with Crippen LogP contribution >= 0.6 is 0 Å². The molecule has 0 fully saturated rings. The Morgan fingerprint density at radius 3 is 2.46 bits per heavy atom. The van der Waals surface area contributed by atoms with E-state index in [2.05, 4.69) is 0 Å². The van der Waals surface area contributed by atoms with Crippen molar-refractivity contribution >= 4 is 0 Å². The molecule has 0 aromatic heterocycles. The molecule has 5 heteroatoms. The molecule has 1 aliphatic carbocycles. The lowest BCUT2D eigenvalue weighted by Gasteiger charge is -2.29. The summed E-state index contributed by atoms with van der Waals surface area (Å²) in [5.41, 5.74) is -2.83. The Hall–Kier alpha value is -0.840. The number of rotatable bonds is 1. The molecule has 2 unspecified atom stereocenters. The van der Waals surface area contributed by atoms with Crippen LogP contribution in [0, 0.1) is 5.92 Å². The molecule has 0 bridgehead atoms. The van der Waals surface area contributed by atoms with E-state index in [9.17, 15) is 17.6 Å². The van der Waals surface area contributed by atoms with Gasteiger partial charge in [-0.1, -0.05) is 6.92 Å². The molecule has 0 spiro atoms. The predicted octanol–water partition coefficient (Wildman–Crippen LogP) is 2.34. The summed E-state index contributed by atoms with van der Waals surface area (Å²) in [7, 11) is 0. The summed E-state index contributed by atoms with van der Waals surface area (Å²) in [6.45, 7) is -0.241. The maximum atomic E-state index is 13.4. The van der Waals surface area contributed by atoms with Crippen molar-refractivity contribution in [2.45, 2.75) is 12.6 Å². The summed E-state index contributed by atoms with van der Waals surface area (Å²) in [4.78, 5) is 0. The van der Waals surface area contributed by atoms with E-state index in [-0.39, 0.29) is 6.08 Å². The molecule has 0 radical (unpaired) electrons. The number of hydrogen-bond donors (Lipinski definition) is 1. The summed E-state index contributed by atoms with van der Waals surface area (Å²) in [5.74, 6) is -5.92. The smallest absolute Gasteiger partial charge is 0.193 e. The van der Waals surface area contributed by atoms with Gasteiger partial charge in [0, 0.05) is 6.08 Å². The Morgan fingerprint density at radius 1 is 1.46 bits per heavy atom. The number of alkyl halides is 1. The van der Waals surface area contributed by atoms with Crippen LogP contribution in [-0.2, 0) is 0 Å². The van der Waals surface area contributed by atoms with Crippen LogP contribution in [0.5, 0.6) is 0 Å². The van der Waals surface area contributed by atoms with Gasteiger partial charge in [0.2, 0.25) is 0 Å². The summed E-state index contributed by atoms with van der Waals surface area (Å²) < 4.78 is 51.4. The van der Waals surface area contributed by atoms with Gasteiger partial charge in [-0.3, -0.25) is 0 Å². The second-order valence-corrected chi connectivity index (χ2v) is 2.93. The number of hydrogen-bond acceptors (Lipinski definition) is 1. The highest BCUT2D eigenvalue weighted by atomic mass is 19.2. The number of allylic oxidation sites excluding steroid dienone is 3. The Kier molecular flexibility index (Phi) is 2.47. The van der Waals surface area contributed by atoms with E-state index >= 15 is 0 Å². The first kappa shape index (κ1) is 10.2. The van der Waals surface area contributed by atoms with Crippen molar-refractivity contribution in [3.63, 3.8) is 0 Å². The van der Waals surface area contributed by atoms with Crippen molar-refractivity contribution in [2.75, 3.05) is 6.61 Å². The van der Waals surface area contributed by atoms with Crippen LogP contribution in [0.15, 0.2) is 23.6 Å². The SMILES string of the molecule is CC1C(F)=C(F)C=C(F)C1(F)CO. The van der Waals surface area contributed by atoms with Gasteiger partial charge in [-0.2, -0.15) is 0 Å². The highest BCUT2D eigenvalue weighted by Gasteiger charge is 2.46. The maximum absolute atomic E-state index is 13.4. The van der Waals surface area contributed by atoms with E-state index in [1.54, 1.807) is 0 Å². The second kappa shape index (κ2) is 3.14. The molecule has 0 saturated heterocycles. The van der Waals surface area contributed by atoms with Crippen molar-refractivity contribution in [2.24, 2.45) is 5.92 Å². The van der Waals surface area contributed by atoms with Crippen LogP contribution in [-0.4, -0.2) is 17.4 Å². The summed E-state index contributed by atoms with van der Waals surface area (Å²) in [6.07, 6.45) is 0.117. The van der Waals surface area contributed by atoms with E-state index < -0.39 is 35.7 Å². The minimum atomic E-state index is -2.83. The first-order valence-corrected chi connectivity index (χ1v) is 3.66.